The summed E-state index contributed by atoms with van der Waals surface area (Å²) in [5.41, 5.74) is 5.43. The van der Waals surface area contributed by atoms with Crippen LogP contribution in [0.1, 0.15) is 42.8 Å². The van der Waals surface area contributed by atoms with E-state index in [1.54, 1.807) is 0 Å². The lowest BCUT2D eigenvalue weighted by molar-refractivity contribution is -0.113. The largest absolute Gasteiger partial charge is 0.354 e. The van der Waals surface area contributed by atoms with Crippen LogP contribution in [0.25, 0.3) is 17.3 Å². The molecule has 30 heavy (non-hydrogen) atoms. The van der Waals surface area contributed by atoms with Gasteiger partial charge in [-0.15, -0.1) is 0 Å². The quantitative estimate of drug-likeness (QED) is 0.714. The lowest BCUT2D eigenvalue weighted by Crippen LogP contribution is -2.54. The van der Waals surface area contributed by atoms with Gasteiger partial charge in [0.05, 0.1) is 11.4 Å². The third-order valence-corrected chi connectivity index (χ3v) is 5.94. The summed E-state index contributed by atoms with van der Waals surface area (Å²) >= 11 is 0. The molecule has 3 aromatic rings. The molecule has 1 fully saturated rings. The van der Waals surface area contributed by atoms with Crippen LogP contribution < -0.4 is 10.2 Å². The Bertz CT molecular complexity index is 1150. The third kappa shape index (κ3) is 3.52. The molecule has 1 N–H and O–H groups in total. The first-order valence-corrected chi connectivity index (χ1v) is 10.7. The first-order chi connectivity index (χ1) is 14.5. The van der Waals surface area contributed by atoms with Crippen LogP contribution in [0.4, 0.5) is 5.82 Å². The van der Waals surface area contributed by atoms with Crippen LogP contribution in [0.3, 0.4) is 0 Å². The van der Waals surface area contributed by atoms with Crippen molar-refractivity contribution < 1.29 is 4.79 Å². The first-order valence-electron chi connectivity index (χ1n) is 10.7. The van der Waals surface area contributed by atoms with Crippen molar-refractivity contribution in [2.24, 2.45) is 0 Å². The molecule has 2 aliphatic rings. The Balaban J connectivity index is 1.51. The minimum absolute atomic E-state index is 0.124. The molecule has 0 radical (unpaired) electrons. The zero-order chi connectivity index (χ0) is 20.8. The second-order valence-corrected chi connectivity index (χ2v) is 8.66. The van der Waals surface area contributed by atoms with Gasteiger partial charge < -0.3 is 14.6 Å². The predicted octanol–water partition coefficient (Wildman–Crippen LogP) is 3.28. The van der Waals surface area contributed by atoms with Gasteiger partial charge in [0.25, 0.3) is 0 Å². The Labute approximate surface area is 176 Å². The zero-order valence-electron chi connectivity index (χ0n) is 17.7. The third-order valence-electron chi connectivity index (χ3n) is 5.94. The normalized spacial score (nSPS) is 22.0. The van der Waals surface area contributed by atoms with Crippen molar-refractivity contribution in [3.8, 4) is 0 Å². The van der Waals surface area contributed by atoms with E-state index in [2.05, 4.69) is 48.1 Å². The second-order valence-electron chi connectivity index (χ2n) is 8.66. The van der Waals surface area contributed by atoms with Crippen LogP contribution in [0.5, 0.6) is 0 Å². The number of aromatic nitrogens is 3. The van der Waals surface area contributed by atoms with Gasteiger partial charge in [-0.25, -0.2) is 9.97 Å². The number of carbonyl (C=O) groups excluding carboxylic acids is 1. The molecule has 0 bridgehead atoms. The van der Waals surface area contributed by atoms with Crippen molar-refractivity contribution in [1.82, 2.24) is 19.7 Å². The van der Waals surface area contributed by atoms with Gasteiger partial charge in [0.1, 0.15) is 11.5 Å². The Hall–Kier alpha value is -2.99. The van der Waals surface area contributed by atoms with E-state index in [9.17, 15) is 4.79 Å². The maximum absolute atomic E-state index is 12.9. The number of allylic oxidation sites excluding steroid dienone is 1. The summed E-state index contributed by atoms with van der Waals surface area (Å²) in [6.45, 7) is 8.34. The summed E-state index contributed by atoms with van der Waals surface area (Å²) in [6, 6.07) is 9.07. The molecule has 3 aromatic heterocycles. The summed E-state index contributed by atoms with van der Waals surface area (Å²) < 4.78 is 1.98. The van der Waals surface area contributed by atoms with Crippen LogP contribution in [-0.4, -0.2) is 45.3 Å². The molecule has 2 atom stereocenters. The number of rotatable bonds is 2. The fourth-order valence-corrected chi connectivity index (χ4v) is 4.57. The summed E-state index contributed by atoms with van der Waals surface area (Å²) in [7, 11) is 0. The van der Waals surface area contributed by atoms with E-state index in [-0.39, 0.29) is 5.78 Å². The smallest absolute Gasteiger partial charge is 0.165 e. The van der Waals surface area contributed by atoms with Crippen molar-refractivity contribution in [3.63, 3.8) is 0 Å². The average Bonchev–Trinajstić information content (AvgIpc) is 3.04. The zero-order valence-corrected chi connectivity index (χ0v) is 17.7. The predicted molar refractivity (Wildman–Crippen MR) is 120 cm³/mol. The van der Waals surface area contributed by atoms with Crippen LogP contribution >= 0.6 is 0 Å². The maximum atomic E-state index is 12.9. The molecule has 6 nitrogen and oxygen atoms in total. The number of hydrogen-bond donors (Lipinski definition) is 1. The molecule has 6 heteroatoms. The summed E-state index contributed by atoms with van der Waals surface area (Å²) in [5.74, 6) is 1.13. The van der Waals surface area contributed by atoms with Gasteiger partial charge in [-0.1, -0.05) is 6.07 Å². The number of imidazole rings is 1. The number of fused-ring (bicyclic) bond motifs is 2. The van der Waals surface area contributed by atoms with E-state index in [1.807, 2.05) is 35.0 Å². The molecule has 154 valence electrons. The Morgan fingerprint density at radius 3 is 2.60 bits per heavy atom. The Morgan fingerprint density at radius 1 is 1.00 bits per heavy atom. The van der Waals surface area contributed by atoms with Crippen molar-refractivity contribution >= 4 is 28.9 Å². The van der Waals surface area contributed by atoms with Crippen LogP contribution in [0.2, 0.25) is 0 Å². The molecular weight excluding hydrogens is 374 g/mol. The molecule has 0 aromatic carbocycles. The number of Topliss-reactive ketones (excluding diaryl/α,β-unsaturated/α-hetero) is 1. The number of nitrogens with zero attached hydrogens (tertiary/aromatic N) is 4. The summed E-state index contributed by atoms with van der Waals surface area (Å²) in [6.07, 6.45) is 7.06. The number of piperazine rings is 1. The number of hydrogen-bond acceptors (Lipinski definition) is 5. The fraction of sp³-hybridized carbons (Fsp3) is 0.375. The standard InChI is InChI=1S/C24H27N5O/c1-15-4-8-23-27-21(14-28(23)11-15)19-10-18-5-9-24(26-20(18)6-7-22(19)30)29-12-16(2)25-17(3)13-29/h4-5,8-11,14,16-17,25H,6-7,12-13H2,1-3H3/t16-,17+. The highest BCUT2D eigenvalue weighted by atomic mass is 16.1. The number of anilines is 1. The van der Waals surface area contributed by atoms with E-state index in [0.29, 0.717) is 30.5 Å². The molecular formula is C24H27N5O. The van der Waals surface area contributed by atoms with E-state index >= 15 is 0 Å². The molecule has 1 saturated heterocycles. The second kappa shape index (κ2) is 7.36. The van der Waals surface area contributed by atoms with E-state index in [4.69, 9.17) is 4.98 Å². The van der Waals surface area contributed by atoms with Gasteiger partial charge >= 0.3 is 0 Å². The Kier molecular flexibility index (Phi) is 4.66. The molecule has 0 spiro atoms. The first kappa shape index (κ1) is 19.0. The number of ketones is 1. The number of carbonyl (C=O) groups is 1. The van der Waals surface area contributed by atoms with Gasteiger partial charge in [0.2, 0.25) is 0 Å². The van der Waals surface area contributed by atoms with E-state index in [1.165, 1.54) is 0 Å². The summed E-state index contributed by atoms with van der Waals surface area (Å²) in [5, 5.41) is 3.56. The monoisotopic (exact) mass is 401 g/mol. The van der Waals surface area contributed by atoms with E-state index < -0.39 is 0 Å². The molecule has 0 unspecified atom stereocenters. The lowest BCUT2D eigenvalue weighted by atomic mass is 10.1. The number of pyridine rings is 2. The van der Waals surface area contributed by atoms with Gasteiger partial charge in [0, 0.05) is 49.6 Å². The average molecular weight is 402 g/mol. The van der Waals surface area contributed by atoms with Gasteiger partial charge in [-0.05, 0) is 62.6 Å². The van der Waals surface area contributed by atoms with Crippen LogP contribution in [-0.2, 0) is 11.2 Å². The lowest BCUT2D eigenvalue weighted by Gasteiger charge is -2.37. The molecule has 1 aliphatic heterocycles. The molecule has 0 amide bonds. The highest BCUT2D eigenvalue weighted by Gasteiger charge is 2.24. The minimum atomic E-state index is 0.124. The van der Waals surface area contributed by atoms with Crippen molar-refractivity contribution in [3.05, 3.63) is 59.2 Å². The molecule has 5 rings (SSSR count). The van der Waals surface area contributed by atoms with Crippen molar-refractivity contribution in [2.45, 2.75) is 45.7 Å². The SMILES string of the molecule is Cc1ccc2nc(C3=Cc4ccc(N5C[C@@H](C)N[C@@H](C)C5)nc4CCC3=O)cn2c1. The topological polar surface area (TPSA) is 62.5 Å². The van der Waals surface area contributed by atoms with Crippen molar-refractivity contribution in [2.75, 3.05) is 18.0 Å². The summed E-state index contributed by atoms with van der Waals surface area (Å²) in [4.78, 5) is 24.9. The van der Waals surface area contributed by atoms with Crippen molar-refractivity contribution in [1.29, 1.82) is 0 Å². The fourth-order valence-electron chi connectivity index (χ4n) is 4.57. The molecule has 4 heterocycles. The molecule has 1 aliphatic carbocycles. The van der Waals surface area contributed by atoms with Gasteiger partial charge in [-0.2, -0.15) is 0 Å². The highest BCUT2D eigenvalue weighted by Crippen LogP contribution is 2.28. The van der Waals surface area contributed by atoms with Gasteiger partial charge in [-0.3, -0.25) is 4.79 Å². The maximum Gasteiger partial charge on any atom is 0.165 e. The molecule has 0 saturated carbocycles. The van der Waals surface area contributed by atoms with E-state index in [0.717, 1.165) is 47.1 Å². The van der Waals surface area contributed by atoms with Crippen LogP contribution in [0, 0.1) is 6.92 Å². The number of nitrogens with one attached hydrogen (secondary N) is 1. The van der Waals surface area contributed by atoms with Gasteiger partial charge in [0.15, 0.2) is 5.78 Å². The highest BCUT2D eigenvalue weighted by molar-refractivity contribution is 6.25. The minimum Gasteiger partial charge on any atom is -0.354 e. The number of aryl methyl sites for hydroxylation is 2. The van der Waals surface area contributed by atoms with Crippen LogP contribution in [0.15, 0.2) is 36.7 Å². The Morgan fingerprint density at radius 2 is 1.80 bits per heavy atom.